The third-order valence-electron chi connectivity index (χ3n) is 3.30. The molecule has 1 aromatic carbocycles. The van der Waals surface area contributed by atoms with Gasteiger partial charge < -0.3 is 10.3 Å². The van der Waals surface area contributed by atoms with E-state index in [2.05, 4.69) is 22.9 Å². The molecule has 0 saturated heterocycles. The molecule has 3 rings (SSSR count). The van der Waals surface area contributed by atoms with Crippen LogP contribution >= 0.6 is 0 Å². The molecule has 0 amide bonds. The molecule has 2 heterocycles. The summed E-state index contributed by atoms with van der Waals surface area (Å²) in [5, 5.41) is 3.38. The monoisotopic (exact) mass is 229 g/mol. The highest BCUT2D eigenvalue weighted by molar-refractivity contribution is 5.79. The zero-order valence-corrected chi connectivity index (χ0v) is 9.57. The Morgan fingerprint density at radius 3 is 3.29 bits per heavy atom. The summed E-state index contributed by atoms with van der Waals surface area (Å²) in [4.78, 5) is 14.7. The fourth-order valence-electron chi connectivity index (χ4n) is 2.57. The lowest BCUT2D eigenvalue weighted by molar-refractivity contribution is 0.449. The van der Waals surface area contributed by atoms with Crippen molar-refractivity contribution in [3.05, 3.63) is 46.9 Å². The predicted molar refractivity (Wildman–Crippen MR) is 68.3 cm³/mol. The van der Waals surface area contributed by atoms with E-state index in [-0.39, 0.29) is 5.69 Å². The summed E-state index contributed by atoms with van der Waals surface area (Å²) < 4.78 is 1.83. The molecule has 17 heavy (non-hydrogen) atoms. The van der Waals surface area contributed by atoms with Crippen LogP contribution in [0.1, 0.15) is 5.56 Å². The molecule has 4 nitrogen and oxygen atoms in total. The second-order valence-corrected chi connectivity index (χ2v) is 4.45. The van der Waals surface area contributed by atoms with Gasteiger partial charge in [0, 0.05) is 19.1 Å². The minimum Gasteiger partial charge on any atom is -0.308 e. The SMILES string of the molecule is C=CCN[C@@H]1Cc2cccc3[nH]c(=O)n(c23)C1. The van der Waals surface area contributed by atoms with Gasteiger partial charge in [-0.2, -0.15) is 0 Å². The van der Waals surface area contributed by atoms with Gasteiger partial charge in [-0.15, -0.1) is 6.58 Å². The molecule has 1 atom stereocenters. The molecule has 1 aromatic heterocycles. The van der Waals surface area contributed by atoms with Gasteiger partial charge in [0.25, 0.3) is 0 Å². The number of aromatic amines is 1. The molecule has 0 spiro atoms. The van der Waals surface area contributed by atoms with Crippen molar-refractivity contribution in [2.75, 3.05) is 6.54 Å². The van der Waals surface area contributed by atoms with Crippen LogP contribution in [0.3, 0.4) is 0 Å². The molecule has 0 saturated carbocycles. The first-order chi connectivity index (χ1) is 8.29. The van der Waals surface area contributed by atoms with Crippen LogP contribution in [-0.2, 0) is 13.0 Å². The van der Waals surface area contributed by atoms with E-state index in [1.54, 1.807) is 0 Å². The van der Waals surface area contributed by atoms with Crippen molar-refractivity contribution >= 4 is 11.0 Å². The molecular formula is C13H15N3O. The third kappa shape index (κ3) is 1.61. The van der Waals surface area contributed by atoms with Crippen LogP contribution in [0.4, 0.5) is 0 Å². The maximum Gasteiger partial charge on any atom is 0.326 e. The number of nitrogens with one attached hydrogen (secondary N) is 2. The highest BCUT2D eigenvalue weighted by atomic mass is 16.1. The lowest BCUT2D eigenvalue weighted by atomic mass is 10.0. The van der Waals surface area contributed by atoms with Crippen molar-refractivity contribution in [1.82, 2.24) is 14.9 Å². The van der Waals surface area contributed by atoms with Gasteiger partial charge in [0.05, 0.1) is 11.0 Å². The third-order valence-corrected chi connectivity index (χ3v) is 3.30. The Labute approximate surface area is 99.0 Å². The lowest BCUT2D eigenvalue weighted by Crippen LogP contribution is -2.40. The zero-order chi connectivity index (χ0) is 11.8. The number of benzene rings is 1. The summed E-state index contributed by atoms with van der Waals surface area (Å²) in [6, 6.07) is 6.34. The number of rotatable bonds is 3. The summed E-state index contributed by atoms with van der Waals surface area (Å²) in [5.74, 6) is 0. The largest absolute Gasteiger partial charge is 0.326 e. The van der Waals surface area contributed by atoms with Crippen LogP contribution in [-0.4, -0.2) is 22.1 Å². The average molecular weight is 229 g/mol. The fraction of sp³-hybridized carbons (Fsp3) is 0.308. The van der Waals surface area contributed by atoms with Crippen LogP contribution in [0.5, 0.6) is 0 Å². The van der Waals surface area contributed by atoms with Crippen molar-refractivity contribution < 1.29 is 0 Å². The van der Waals surface area contributed by atoms with Crippen LogP contribution in [0.25, 0.3) is 11.0 Å². The predicted octanol–water partition coefficient (Wildman–Crippen LogP) is 1.03. The minimum absolute atomic E-state index is 0.0162. The van der Waals surface area contributed by atoms with Crippen molar-refractivity contribution in [1.29, 1.82) is 0 Å². The molecule has 2 aromatic rings. The maximum atomic E-state index is 11.8. The molecule has 0 aliphatic carbocycles. The maximum absolute atomic E-state index is 11.8. The highest BCUT2D eigenvalue weighted by Gasteiger charge is 2.21. The zero-order valence-electron chi connectivity index (χ0n) is 9.57. The van der Waals surface area contributed by atoms with Gasteiger partial charge in [-0.1, -0.05) is 18.2 Å². The van der Waals surface area contributed by atoms with E-state index in [0.717, 1.165) is 30.5 Å². The van der Waals surface area contributed by atoms with Crippen molar-refractivity contribution in [3.63, 3.8) is 0 Å². The number of imidazole rings is 1. The van der Waals surface area contributed by atoms with Gasteiger partial charge >= 0.3 is 5.69 Å². The number of hydrogen-bond donors (Lipinski definition) is 2. The number of hydrogen-bond acceptors (Lipinski definition) is 2. The minimum atomic E-state index is -0.0162. The molecule has 0 unspecified atom stereocenters. The van der Waals surface area contributed by atoms with Gasteiger partial charge in [0.15, 0.2) is 0 Å². The van der Waals surface area contributed by atoms with Crippen LogP contribution in [0.2, 0.25) is 0 Å². The summed E-state index contributed by atoms with van der Waals surface area (Å²) in [6.45, 7) is 5.20. The molecule has 0 bridgehead atoms. The quantitative estimate of drug-likeness (QED) is 0.772. The summed E-state index contributed by atoms with van der Waals surface area (Å²) in [6.07, 6.45) is 2.80. The van der Waals surface area contributed by atoms with Gasteiger partial charge in [-0.05, 0) is 18.1 Å². The van der Waals surface area contributed by atoms with Crippen LogP contribution < -0.4 is 11.0 Å². The topological polar surface area (TPSA) is 49.8 Å². The molecule has 0 radical (unpaired) electrons. The standard InChI is InChI=1S/C13H15N3O/c1-2-6-14-10-7-9-4-3-5-11-12(9)16(8-10)13(17)15-11/h2-5,10,14H,1,6-8H2,(H,15,17)/t10-/m1/s1. The first-order valence-electron chi connectivity index (χ1n) is 5.84. The summed E-state index contributed by atoms with van der Waals surface area (Å²) in [5.41, 5.74) is 3.22. The lowest BCUT2D eigenvalue weighted by Gasteiger charge is -2.24. The van der Waals surface area contributed by atoms with Crippen LogP contribution in [0, 0.1) is 0 Å². The molecule has 88 valence electrons. The van der Waals surface area contributed by atoms with Crippen molar-refractivity contribution in [2.45, 2.75) is 19.0 Å². The van der Waals surface area contributed by atoms with Crippen LogP contribution in [0.15, 0.2) is 35.6 Å². The van der Waals surface area contributed by atoms with Gasteiger partial charge in [0.1, 0.15) is 0 Å². The Morgan fingerprint density at radius 2 is 2.47 bits per heavy atom. The smallest absolute Gasteiger partial charge is 0.308 e. The van der Waals surface area contributed by atoms with E-state index < -0.39 is 0 Å². The molecule has 4 heteroatoms. The normalized spacial score (nSPS) is 18.5. The Kier molecular flexibility index (Phi) is 2.37. The molecule has 0 fully saturated rings. The van der Waals surface area contributed by atoms with E-state index in [1.165, 1.54) is 5.56 Å². The Balaban J connectivity index is 2.06. The van der Waals surface area contributed by atoms with E-state index in [1.807, 2.05) is 22.8 Å². The summed E-state index contributed by atoms with van der Waals surface area (Å²) >= 11 is 0. The van der Waals surface area contributed by atoms with E-state index in [4.69, 9.17) is 0 Å². The van der Waals surface area contributed by atoms with E-state index in [9.17, 15) is 4.79 Å². The average Bonchev–Trinajstić information content (AvgIpc) is 2.66. The second-order valence-electron chi connectivity index (χ2n) is 4.45. The summed E-state index contributed by atoms with van der Waals surface area (Å²) in [7, 11) is 0. The number of nitrogens with zero attached hydrogens (tertiary/aromatic N) is 1. The number of aromatic nitrogens is 2. The molecule has 2 N–H and O–H groups in total. The van der Waals surface area contributed by atoms with Gasteiger partial charge in [0.2, 0.25) is 0 Å². The first-order valence-corrected chi connectivity index (χ1v) is 5.84. The molecular weight excluding hydrogens is 214 g/mol. The second kappa shape index (κ2) is 3.89. The van der Waals surface area contributed by atoms with Crippen molar-refractivity contribution in [3.8, 4) is 0 Å². The number of H-pyrrole nitrogens is 1. The fourth-order valence-corrected chi connectivity index (χ4v) is 2.57. The van der Waals surface area contributed by atoms with Gasteiger partial charge in [-0.3, -0.25) is 4.57 Å². The first kappa shape index (κ1) is 10.4. The molecule has 1 aliphatic heterocycles. The van der Waals surface area contributed by atoms with E-state index in [0.29, 0.717) is 6.04 Å². The van der Waals surface area contributed by atoms with Crippen molar-refractivity contribution in [2.24, 2.45) is 0 Å². The Morgan fingerprint density at radius 1 is 1.59 bits per heavy atom. The molecule has 1 aliphatic rings. The highest BCUT2D eigenvalue weighted by Crippen LogP contribution is 2.22. The number of para-hydroxylation sites is 1. The van der Waals surface area contributed by atoms with Gasteiger partial charge in [-0.25, -0.2) is 4.79 Å². The Bertz CT molecular complexity index is 623. The van der Waals surface area contributed by atoms with E-state index >= 15 is 0 Å². The Hall–Kier alpha value is -1.81.